The second-order valence-electron chi connectivity index (χ2n) is 7.63. The zero-order chi connectivity index (χ0) is 19.2. The molecule has 0 radical (unpaired) electrons. The number of ether oxygens (including phenoxy) is 1. The molecule has 0 bridgehead atoms. The van der Waals surface area contributed by atoms with Gasteiger partial charge >= 0.3 is 0 Å². The van der Waals surface area contributed by atoms with Gasteiger partial charge in [0.2, 0.25) is 0 Å². The highest BCUT2D eigenvalue weighted by Crippen LogP contribution is 2.22. The lowest BCUT2D eigenvalue weighted by atomic mass is 10.00. The minimum Gasteiger partial charge on any atom is -0.379 e. The first kappa shape index (κ1) is 24.2. The number of nitrogens with one attached hydrogen (secondary N) is 2. The normalized spacial score (nSPS) is 17.3. The van der Waals surface area contributed by atoms with Gasteiger partial charge in [-0.15, -0.1) is 24.0 Å². The van der Waals surface area contributed by atoms with Crippen LogP contribution in [0.2, 0.25) is 0 Å². The number of hydrogen-bond donors (Lipinski definition) is 2. The monoisotopic (exact) mass is 493 g/mol. The van der Waals surface area contributed by atoms with Gasteiger partial charge in [0.25, 0.3) is 0 Å². The summed E-state index contributed by atoms with van der Waals surface area (Å²) in [6.07, 6.45) is 0. The van der Waals surface area contributed by atoms with Crippen LogP contribution in [0.5, 0.6) is 0 Å². The molecule has 0 amide bonds. The Kier molecular flexibility index (Phi) is 10.0. The summed E-state index contributed by atoms with van der Waals surface area (Å²) >= 11 is 0. The summed E-state index contributed by atoms with van der Waals surface area (Å²) in [5.74, 6) is 2.05. The van der Waals surface area contributed by atoms with Gasteiger partial charge in [-0.2, -0.15) is 0 Å². The Morgan fingerprint density at radius 1 is 1.26 bits per heavy atom. The molecule has 1 aromatic heterocycles. The smallest absolute Gasteiger partial charge is 0.191 e. The summed E-state index contributed by atoms with van der Waals surface area (Å²) in [6, 6.07) is 0. The maximum absolute atomic E-state index is 5.46. The van der Waals surface area contributed by atoms with E-state index in [-0.39, 0.29) is 29.5 Å². The molecule has 1 fully saturated rings. The molecular weight excluding hydrogens is 457 g/mol. The molecule has 1 aromatic rings. The second-order valence-corrected chi connectivity index (χ2v) is 7.63. The second kappa shape index (κ2) is 11.2. The maximum atomic E-state index is 5.46. The van der Waals surface area contributed by atoms with Crippen molar-refractivity contribution in [3.8, 4) is 0 Å². The molecule has 1 atom stereocenters. The van der Waals surface area contributed by atoms with E-state index in [0.717, 1.165) is 63.4 Å². The molecule has 27 heavy (non-hydrogen) atoms. The number of aliphatic imine (C=N–C) groups is 1. The van der Waals surface area contributed by atoms with Crippen molar-refractivity contribution in [1.82, 2.24) is 20.7 Å². The van der Waals surface area contributed by atoms with Gasteiger partial charge in [0, 0.05) is 43.2 Å². The Bertz CT molecular complexity index is 577. The molecule has 0 aliphatic carbocycles. The van der Waals surface area contributed by atoms with Crippen LogP contribution in [0.25, 0.3) is 0 Å². The molecule has 2 heterocycles. The number of guanidine groups is 1. The van der Waals surface area contributed by atoms with Gasteiger partial charge in [-0.3, -0.25) is 9.89 Å². The lowest BCUT2D eigenvalue weighted by molar-refractivity contribution is -0.00683. The summed E-state index contributed by atoms with van der Waals surface area (Å²) in [7, 11) is 0. The SMILES string of the molecule is CCNC(=NCC(C)(C)N1CCOCC1)NCC(C)c1c(C)noc1C.I. The molecule has 2 rings (SSSR count). The average molecular weight is 493 g/mol. The molecule has 1 unspecified atom stereocenters. The van der Waals surface area contributed by atoms with Gasteiger partial charge in [-0.05, 0) is 34.6 Å². The summed E-state index contributed by atoms with van der Waals surface area (Å²) in [6.45, 7) is 18.6. The van der Waals surface area contributed by atoms with Gasteiger partial charge in [0.15, 0.2) is 5.96 Å². The number of rotatable bonds is 7. The topological polar surface area (TPSA) is 74.9 Å². The number of morpholine rings is 1. The van der Waals surface area contributed by atoms with Crippen molar-refractivity contribution >= 4 is 29.9 Å². The highest BCUT2D eigenvalue weighted by molar-refractivity contribution is 14.0. The number of nitrogens with zero attached hydrogens (tertiary/aromatic N) is 3. The Morgan fingerprint density at radius 2 is 1.93 bits per heavy atom. The maximum Gasteiger partial charge on any atom is 0.191 e. The van der Waals surface area contributed by atoms with Crippen LogP contribution >= 0.6 is 24.0 Å². The van der Waals surface area contributed by atoms with Crippen molar-refractivity contribution in [2.45, 2.75) is 53.0 Å². The van der Waals surface area contributed by atoms with Crippen LogP contribution in [0, 0.1) is 13.8 Å². The Hall–Kier alpha value is -0.870. The fraction of sp³-hybridized carbons (Fsp3) is 0.789. The third kappa shape index (κ3) is 6.90. The molecular formula is C19H36IN5O2. The molecule has 0 aromatic carbocycles. The first-order valence-electron chi connectivity index (χ1n) is 9.63. The first-order chi connectivity index (χ1) is 12.3. The van der Waals surface area contributed by atoms with Crippen molar-refractivity contribution in [3.05, 3.63) is 17.0 Å². The largest absolute Gasteiger partial charge is 0.379 e. The molecule has 156 valence electrons. The van der Waals surface area contributed by atoms with Gasteiger partial charge in [0.1, 0.15) is 5.76 Å². The van der Waals surface area contributed by atoms with Gasteiger partial charge in [-0.25, -0.2) is 0 Å². The van der Waals surface area contributed by atoms with Gasteiger partial charge in [-0.1, -0.05) is 12.1 Å². The van der Waals surface area contributed by atoms with E-state index in [1.165, 1.54) is 5.56 Å². The lowest BCUT2D eigenvalue weighted by Gasteiger charge is -2.39. The number of aromatic nitrogens is 1. The van der Waals surface area contributed by atoms with E-state index in [9.17, 15) is 0 Å². The van der Waals surface area contributed by atoms with Crippen molar-refractivity contribution in [2.75, 3.05) is 45.9 Å². The van der Waals surface area contributed by atoms with Crippen LogP contribution in [-0.2, 0) is 4.74 Å². The zero-order valence-electron chi connectivity index (χ0n) is 17.6. The minimum absolute atomic E-state index is 0. The Morgan fingerprint density at radius 3 is 2.48 bits per heavy atom. The number of halogens is 1. The van der Waals surface area contributed by atoms with Crippen molar-refractivity contribution < 1.29 is 9.26 Å². The van der Waals surface area contributed by atoms with E-state index in [2.05, 4.69) is 48.4 Å². The third-order valence-corrected chi connectivity index (χ3v) is 4.99. The highest BCUT2D eigenvalue weighted by atomic mass is 127. The van der Waals surface area contributed by atoms with Gasteiger partial charge in [0.05, 0.1) is 25.5 Å². The Balaban J connectivity index is 0.00000364. The molecule has 2 N–H and O–H groups in total. The summed E-state index contributed by atoms with van der Waals surface area (Å²) < 4.78 is 10.8. The van der Waals surface area contributed by atoms with Crippen LogP contribution < -0.4 is 10.6 Å². The van der Waals surface area contributed by atoms with Crippen molar-refractivity contribution in [2.24, 2.45) is 4.99 Å². The van der Waals surface area contributed by atoms with E-state index in [0.29, 0.717) is 5.92 Å². The first-order valence-corrected chi connectivity index (χ1v) is 9.63. The molecule has 8 heteroatoms. The van der Waals surface area contributed by atoms with Crippen LogP contribution in [0.3, 0.4) is 0 Å². The summed E-state index contributed by atoms with van der Waals surface area (Å²) in [4.78, 5) is 7.29. The van der Waals surface area contributed by atoms with E-state index in [1.807, 2.05) is 13.8 Å². The fourth-order valence-corrected chi connectivity index (χ4v) is 3.43. The Labute approximate surface area is 180 Å². The van der Waals surface area contributed by atoms with Crippen molar-refractivity contribution in [3.63, 3.8) is 0 Å². The molecule has 1 aliphatic rings. The molecule has 1 saturated heterocycles. The van der Waals surface area contributed by atoms with Crippen LogP contribution in [0.4, 0.5) is 0 Å². The molecule has 7 nitrogen and oxygen atoms in total. The number of aryl methyl sites for hydroxylation is 2. The third-order valence-electron chi connectivity index (χ3n) is 4.99. The van der Waals surface area contributed by atoms with Crippen molar-refractivity contribution in [1.29, 1.82) is 0 Å². The standard InChI is InChI=1S/C19H35N5O2.HI/c1-7-20-18(21-12-14(2)17-15(3)23-26-16(17)4)22-13-19(5,6)24-8-10-25-11-9-24;/h14H,7-13H2,1-6H3,(H2,20,21,22);1H. The molecule has 0 spiro atoms. The van der Waals surface area contributed by atoms with Crippen LogP contribution in [0.1, 0.15) is 50.6 Å². The van der Waals surface area contributed by atoms with E-state index >= 15 is 0 Å². The van der Waals surface area contributed by atoms with Crippen LogP contribution in [-0.4, -0.2) is 67.5 Å². The summed E-state index contributed by atoms with van der Waals surface area (Å²) in [5.41, 5.74) is 2.16. The van der Waals surface area contributed by atoms with E-state index < -0.39 is 0 Å². The fourth-order valence-electron chi connectivity index (χ4n) is 3.43. The quantitative estimate of drug-likeness (QED) is 0.346. The molecule has 0 saturated carbocycles. The predicted octanol–water partition coefficient (Wildman–Crippen LogP) is 2.68. The predicted molar refractivity (Wildman–Crippen MR) is 120 cm³/mol. The van der Waals surface area contributed by atoms with E-state index in [4.69, 9.17) is 14.3 Å². The lowest BCUT2D eigenvalue weighted by Crippen LogP contribution is -2.52. The average Bonchev–Trinajstić information content (AvgIpc) is 2.96. The van der Waals surface area contributed by atoms with Crippen LogP contribution in [0.15, 0.2) is 9.52 Å². The minimum atomic E-state index is 0. The molecule has 1 aliphatic heterocycles. The zero-order valence-corrected chi connectivity index (χ0v) is 19.9. The highest BCUT2D eigenvalue weighted by Gasteiger charge is 2.28. The van der Waals surface area contributed by atoms with E-state index in [1.54, 1.807) is 0 Å². The summed E-state index contributed by atoms with van der Waals surface area (Å²) in [5, 5.41) is 10.9. The number of hydrogen-bond acceptors (Lipinski definition) is 5. The van der Waals surface area contributed by atoms with Gasteiger partial charge < -0.3 is 19.9 Å².